The number of halogens is 9. The van der Waals surface area contributed by atoms with E-state index in [9.17, 15) is 49.1 Å². The predicted molar refractivity (Wildman–Crippen MR) is 113 cm³/mol. The maximum Gasteiger partial charge on any atom is 0.416 e. The Labute approximate surface area is 205 Å². The fraction of sp³-hybridized carbons (Fsp3) is 0.417. The van der Waals surface area contributed by atoms with Gasteiger partial charge in [0.1, 0.15) is 0 Å². The van der Waals surface area contributed by atoms with E-state index in [1.54, 1.807) is 6.92 Å². The SMILES string of the molecule is CCOC(=O)N1c2cc(C(F)(F)F)ccc2[C@@H](CC(=O)c2cc(C(F)(F)F)cc(C(F)(F)F)c2)[C@H]1CC. The molecule has 3 rings (SSSR count). The predicted octanol–water partition coefficient (Wildman–Crippen LogP) is 7.85. The number of benzene rings is 2. The van der Waals surface area contributed by atoms with E-state index in [1.165, 1.54) is 6.92 Å². The lowest BCUT2D eigenvalue weighted by atomic mass is 9.86. The third kappa shape index (κ3) is 5.85. The molecule has 0 fully saturated rings. The number of amides is 1. The molecule has 2 aromatic rings. The molecule has 2 aromatic carbocycles. The molecule has 37 heavy (non-hydrogen) atoms. The highest BCUT2D eigenvalue weighted by Gasteiger charge is 2.45. The summed E-state index contributed by atoms with van der Waals surface area (Å²) >= 11 is 0. The molecule has 4 nitrogen and oxygen atoms in total. The molecular weight excluding hydrogens is 521 g/mol. The van der Waals surface area contributed by atoms with Crippen LogP contribution in [0.3, 0.4) is 0 Å². The molecule has 0 saturated carbocycles. The van der Waals surface area contributed by atoms with Crippen LogP contribution in [0, 0.1) is 0 Å². The van der Waals surface area contributed by atoms with Gasteiger partial charge in [-0.3, -0.25) is 9.69 Å². The average molecular weight is 541 g/mol. The van der Waals surface area contributed by atoms with Crippen molar-refractivity contribution in [2.75, 3.05) is 11.5 Å². The van der Waals surface area contributed by atoms with Gasteiger partial charge in [0, 0.05) is 23.9 Å². The third-order valence-electron chi connectivity index (χ3n) is 6.01. The van der Waals surface area contributed by atoms with E-state index >= 15 is 0 Å². The molecule has 0 saturated heterocycles. The van der Waals surface area contributed by atoms with Gasteiger partial charge in [-0.15, -0.1) is 0 Å². The van der Waals surface area contributed by atoms with Crippen LogP contribution in [-0.4, -0.2) is 24.5 Å². The minimum absolute atomic E-state index is 0.100. The summed E-state index contributed by atoms with van der Waals surface area (Å²) in [6.07, 6.45) is -16.7. The summed E-state index contributed by atoms with van der Waals surface area (Å²) in [6, 6.07) is 2.02. The Kier molecular flexibility index (Phi) is 7.58. The van der Waals surface area contributed by atoms with Crippen molar-refractivity contribution in [1.29, 1.82) is 0 Å². The van der Waals surface area contributed by atoms with Crippen LogP contribution >= 0.6 is 0 Å². The van der Waals surface area contributed by atoms with E-state index in [-0.39, 0.29) is 30.3 Å². The summed E-state index contributed by atoms with van der Waals surface area (Å²) in [5.74, 6) is -2.11. The van der Waals surface area contributed by atoms with Gasteiger partial charge in [0.25, 0.3) is 0 Å². The van der Waals surface area contributed by atoms with E-state index in [2.05, 4.69) is 0 Å². The molecule has 0 unspecified atom stereocenters. The van der Waals surface area contributed by atoms with Crippen molar-refractivity contribution in [3.05, 3.63) is 64.2 Å². The lowest BCUT2D eigenvalue weighted by molar-refractivity contribution is -0.143. The second kappa shape index (κ2) is 9.90. The van der Waals surface area contributed by atoms with Crippen molar-refractivity contribution in [3.63, 3.8) is 0 Å². The van der Waals surface area contributed by atoms with Gasteiger partial charge in [-0.05, 0) is 49.2 Å². The smallest absolute Gasteiger partial charge is 0.416 e. The quantitative estimate of drug-likeness (QED) is 0.286. The fourth-order valence-electron chi connectivity index (χ4n) is 4.38. The van der Waals surface area contributed by atoms with Crippen LogP contribution in [0.2, 0.25) is 0 Å². The summed E-state index contributed by atoms with van der Waals surface area (Å²) in [5.41, 5.74) is -5.38. The van der Waals surface area contributed by atoms with Crippen molar-refractivity contribution in [2.24, 2.45) is 0 Å². The Morgan fingerprint density at radius 3 is 1.81 bits per heavy atom. The molecule has 0 aromatic heterocycles. The minimum Gasteiger partial charge on any atom is -0.449 e. The van der Waals surface area contributed by atoms with Gasteiger partial charge >= 0.3 is 24.6 Å². The Morgan fingerprint density at radius 2 is 1.35 bits per heavy atom. The highest BCUT2D eigenvalue weighted by atomic mass is 19.4. The highest BCUT2D eigenvalue weighted by molar-refractivity contribution is 5.99. The van der Waals surface area contributed by atoms with Gasteiger partial charge in [0.05, 0.1) is 29.0 Å². The van der Waals surface area contributed by atoms with Crippen LogP contribution < -0.4 is 4.90 Å². The number of hydrogen-bond donors (Lipinski definition) is 0. The van der Waals surface area contributed by atoms with E-state index in [0.29, 0.717) is 18.2 Å². The Hall–Kier alpha value is -3.25. The number of carbonyl (C=O) groups excluding carboxylic acids is 2. The first-order chi connectivity index (χ1) is 17.0. The van der Waals surface area contributed by atoms with Gasteiger partial charge in [0.2, 0.25) is 0 Å². The number of ether oxygens (including phenoxy) is 1. The Balaban J connectivity index is 2.09. The van der Waals surface area contributed by atoms with E-state index in [1.807, 2.05) is 0 Å². The fourth-order valence-corrected chi connectivity index (χ4v) is 4.38. The van der Waals surface area contributed by atoms with E-state index < -0.39 is 71.0 Å². The van der Waals surface area contributed by atoms with Gasteiger partial charge in [-0.2, -0.15) is 39.5 Å². The zero-order chi connectivity index (χ0) is 27.9. The first kappa shape index (κ1) is 28.3. The van der Waals surface area contributed by atoms with Crippen molar-refractivity contribution in [3.8, 4) is 0 Å². The lowest BCUT2D eigenvalue weighted by Crippen LogP contribution is -2.39. The molecule has 0 aliphatic carbocycles. The standard InChI is InChI=1S/C24H20F9NO3/c1-3-18-17(11-20(35)12-7-14(23(28,29)30)9-15(8-12)24(31,32)33)16-6-5-13(22(25,26)27)10-19(16)34(18)21(36)37-4-2/h5-10,17-18H,3-4,11H2,1-2H3/t17-,18-/m1/s1. The zero-order valence-corrected chi connectivity index (χ0v) is 19.3. The Morgan fingerprint density at radius 1 is 0.811 bits per heavy atom. The summed E-state index contributed by atoms with van der Waals surface area (Å²) < 4.78 is 124. The number of anilines is 1. The first-order valence-corrected chi connectivity index (χ1v) is 11.0. The van der Waals surface area contributed by atoms with Crippen LogP contribution in [0.25, 0.3) is 0 Å². The Bertz CT molecular complexity index is 1150. The molecule has 202 valence electrons. The molecule has 1 heterocycles. The summed E-state index contributed by atoms with van der Waals surface area (Å²) in [4.78, 5) is 26.6. The number of carbonyl (C=O) groups is 2. The van der Waals surface area contributed by atoms with Crippen LogP contribution in [0.15, 0.2) is 36.4 Å². The summed E-state index contributed by atoms with van der Waals surface area (Å²) in [7, 11) is 0. The molecule has 1 aliphatic rings. The topological polar surface area (TPSA) is 46.6 Å². The molecule has 0 spiro atoms. The van der Waals surface area contributed by atoms with Crippen LogP contribution in [0.5, 0.6) is 0 Å². The number of hydrogen-bond acceptors (Lipinski definition) is 3. The maximum absolute atomic E-state index is 13.3. The highest BCUT2D eigenvalue weighted by Crippen LogP contribution is 2.47. The number of nitrogens with zero attached hydrogens (tertiary/aromatic N) is 1. The van der Waals surface area contributed by atoms with Crippen molar-refractivity contribution >= 4 is 17.6 Å². The van der Waals surface area contributed by atoms with Crippen molar-refractivity contribution < 1.29 is 53.8 Å². The van der Waals surface area contributed by atoms with Crippen molar-refractivity contribution in [1.82, 2.24) is 0 Å². The van der Waals surface area contributed by atoms with Gasteiger partial charge in [-0.25, -0.2) is 4.79 Å². The minimum atomic E-state index is -5.17. The number of Topliss-reactive ketones (excluding diaryl/α,β-unsaturated/α-hetero) is 1. The maximum atomic E-state index is 13.3. The van der Waals surface area contributed by atoms with Gasteiger partial charge < -0.3 is 4.74 Å². The lowest BCUT2D eigenvalue weighted by Gasteiger charge is -2.27. The first-order valence-electron chi connectivity index (χ1n) is 11.0. The van der Waals surface area contributed by atoms with Crippen molar-refractivity contribution in [2.45, 2.75) is 57.2 Å². The monoisotopic (exact) mass is 541 g/mol. The molecule has 13 heteroatoms. The molecule has 2 atom stereocenters. The molecule has 0 radical (unpaired) electrons. The van der Waals surface area contributed by atoms with E-state index in [4.69, 9.17) is 4.74 Å². The average Bonchev–Trinajstić information content (AvgIpc) is 3.09. The molecule has 1 amide bonds. The normalized spacial score (nSPS) is 18.1. The van der Waals surface area contributed by atoms with E-state index in [0.717, 1.165) is 17.0 Å². The second-order valence-corrected chi connectivity index (χ2v) is 8.34. The number of alkyl halides is 9. The molecular formula is C24H20F9NO3. The van der Waals surface area contributed by atoms with Gasteiger partial charge in [-0.1, -0.05) is 13.0 Å². The van der Waals surface area contributed by atoms with Gasteiger partial charge in [0.15, 0.2) is 5.78 Å². The van der Waals surface area contributed by atoms with Crippen LogP contribution in [0.4, 0.5) is 50.0 Å². The summed E-state index contributed by atoms with van der Waals surface area (Å²) in [6.45, 7) is 2.92. The summed E-state index contributed by atoms with van der Waals surface area (Å²) in [5, 5.41) is 0. The van der Waals surface area contributed by atoms with Crippen LogP contribution in [0.1, 0.15) is 65.2 Å². The molecule has 0 bridgehead atoms. The molecule has 1 aliphatic heterocycles. The molecule has 0 N–H and O–H groups in total. The zero-order valence-electron chi connectivity index (χ0n) is 19.3. The number of rotatable bonds is 5. The largest absolute Gasteiger partial charge is 0.449 e. The number of ketones is 1. The third-order valence-corrected chi connectivity index (χ3v) is 6.01. The van der Waals surface area contributed by atoms with Crippen LogP contribution in [-0.2, 0) is 23.3 Å². The number of fused-ring (bicyclic) bond motifs is 1. The second-order valence-electron chi connectivity index (χ2n) is 8.34.